The minimum absolute atomic E-state index is 0.0150. The van der Waals surface area contributed by atoms with Gasteiger partial charge in [0.25, 0.3) is 5.91 Å². The van der Waals surface area contributed by atoms with Gasteiger partial charge in [-0.2, -0.15) is 31.3 Å². The Morgan fingerprint density at radius 1 is 1.00 bits per heavy atom. The van der Waals surface area contributed by atoms with Crippen molar-refractivity contribution in [2.45, 2.75) is 25.3 Å². The van der Waals surface area contributed by atoms with Gasteiger partial charge >= 0.3 is 18.4 Å². The quantitative estimate of drug-likeness (QED) is 0.342. The number of oxazole rings is 1. The van der Waals surface area contributed by atoms with Gasteiger partial charge in [0.2, 0.25) is 0 Å². The molecule has 0 spiro atoms. The Morgan fingerprint density at radius 3 is 2.03 bits per heavy atom. The van der Waals surface area contributed by atoms with Crippen LogP contribution in [-0.4, -0.2) is 10.9 Å². The van der Waals surface area contributed by atoms with Gasteiger partial charge in [-0.25, -0.2) is 8.78 Å². The second-order valence-electron chi connectivity index (χ2n) is 6.94. The van der Waals surface area contributed by atoms with Gasteiger partial charge in [-0.3, -0.25) is 4.79 Å². The molecule has 1 heterocycles. The number of nitrogens with zero attached hydrogens (tertiary/aromatic N) is 1. The van der Waals surface area contributed by atoms with Crippen LogP contribution in [0.2, 0.25) is 0 Å². The number of alkyl halides is 6. The van der Waals surface area contributed by atoms with Crippen molar-refractivity contribution in [3.63, 3.8) is 0 Å². The molecule has 0 aliphatic rings. The minimum atomic E-state index is -5.10. The van der Waals surface area contributed by atoms with Crippen LogP contribution in [0.25, 0.3) is 0 Å². The number of nitrogen functional groups attached to an aromatic ring is 1. The first-order valence-electron chi connectivity index (χ1n) is 9.13. The third kappa shape index (κ3) is 5.55. The van der Waals surface area contributed by atoms with Gasteiger partial charge in [-0.15, -0.1) is 0 Å². The van der Waals surface area contributed by atoms with Crippen molar-refractivity contribution >= 4 is 11.6 Å². The summed E-state index contributed by atoms with van der Waals surface area (Å²) in [5, 5.41) is 2.33. The van der Waals surface area contributed by atoms with E-state index >= 15 is 0 Å². The zero-order chi connectivity index (χ0) is 25.4. The molecular formula is C20H13F8N3O3. The normalized spacial score (nSPS) is 13.0. The second kappa shape index (κ2) is 8.83. The highest BCUT2D eigenvalue weighted by Gasteiger charge is 2.37. The number of anilines is 1. The number of aromatic nitrogens is 1. The molecule has 14 heteroatoms. The number of ether oxygens (including phenoxy) is 1. The summed E-state index contributed by atoms with van der Waals surface area (Å²) in [6.45, 7) is 1.38. The molecule has 6 nitrogen and oxygen atoms in total. The van der Waals surface area contributed by atoms with E-state index < -0.39 is 70.3 Å². The summed E-state index contributed by atoms with van der Waals surface area (Å²) in [5.41, 5.74) is 0.764. The van der Waals surface area contributed by atoms with Crippen LogP contribution >= 0.6 is 0 Å². The number of nitrogens with one attached hydrogen (secondary N) is 1. The van der Waals surface area contributed by atoms with Gasteiger partial charge in [-0.05, 0) is 42.8 Å². The maximum absolute atomic E-state index is 13.6. The first-order chi connectivity index (χ1) is 15.6. The summed E-state index contributed by atoms with van der Waals surface area (Å²) in [4.78, 5) is 15.9. The van der Waals surface area contributed by atoms with Crippen molar-refractivity contribution in [1.29, 1.82) is 0 Å². The lowest BCUT2D eigenvalue weighted by Crippen LogP contribution is -2.27. The molecule has 0 aliphatic carbocycles. The smallest absolute Gasteiger partial charge is 0.416 e. The molecule has 0 saturated heterocycles. The fourth-order valence-corrected chi connectivity index (χ4v) is 2.70. The van der Waals surface area contributed by atoms with E-state index in [4.69, 9.17) is 14.9 Å². The number of benzene rings is 2. The molecule has 0 unspecified atom stereocenters. The molecule has 1 amide bonds. The highest BCUT2D eigenvalue weighted by molar-refractivity contribution is 5.92. The molecule has 0 bridgehead atoms. The Labute approximate surface area is 185 Å². The summed E-state index contributed by atoms with van der Waals surface area (Å²) < 4.78 is 115. The molecule has 1 atom stereocenters. The van der Waals surface area contributed by atoms with Crippen LogP contribution in [0.15, 0.2) is 41.0 Å². The van der Waals surface area contributed by atoms with Gasteiger partial charge in [0, 0.05) is 0 Å². The molecule has 3 aromatic rings. The number of carbonyl (C=O) groups excluding carboxylic acids is 1. The molecule has 2 aromatic carbocycles. The predicted molar refractivity (Wildman–Crippen MR) is 99.7 cm³/mol. The molecule has 0 saturated carbocycles. The number of halogens is 8. The number of rotatable bonds is 5. The Balaban J connectivity index is 1.78. The number of amides is 1. The first kappa shape index (κ1) is 24.8. The molecule has 0 radical (unpaired) electrons. The number of nitrogens with two attached hydrogens (primary N) is 1. The molecule has 1 aromatic heterocycles. The van der Waals surface area contributed by atoms with E-state index in [1.807, 2.05) is 0 Å². The monoisotopic (exact) mass is 495 g/mol. The van der Waals surface area contributed by atoms with Crippen LogP contribution in [0.5, 0.6) is 11.8 Å². The van der Waals surface area contributed by atoms with Crippen molar-refractivity contribution in [2.24, 2.45) is 0 Å². The van der Waals surface area contributed by atoms with E-state index in [1.54, 1.807) is 0 Å². The van der Waals surface area contributed by atoms with Crippen LogP contribution < -0.4 is 15.8 Å². The standard InChI is InChI=1S/C20H13F8N3O3/c1-8(9-2-13(21)16(29)14(22)3-9)30-17(32)15-7-33-18(31-15)34-12-5-10(19(23,24)25)4-11(6-12)20(26,27)28/h2-8H,29H2,1H3,(H,30,32)/t8-/m1/s1. The fraction of sp³-hybridized carbons (Fsp3) is 0.200. The summed E-state index contributed by atoms with van der Waals surface area (Å²) >= 11 is 0. The van der Waals surface area contributed by atoms with Crippen molar-refractivity contribution in [3.05, 3.63) is 70.6 Å². The van der Waals surface area contributed by atoms with E-state index in [9.17, 15) is 39.9 Å². The predicted octanol–water partition coefficient (Wildman–Crippen LogP) is 5.86. The van der Waals surface area contributed by atoms with E-state index in [-0.39, 0.29) is 11.6 Å². The van der Waals surface area contributed by atoms with Crippen LogP contribution in [0.3, 0.4) is 0 Å². The van der Waals surface area contributed by atoms with E-state index in [0.29, 0.717) is 12.1 Å². The summed E-state index contributed by atoms with van der Waals surface area (Å²) in [6, 6.07) is 1.35. The third-order valence-corrected chi connectivity index (χ3v) is 4.43. The lowest BCUT2D eigenvalue weighted by atomic mass is 10.1. The molecule has 3 rings (SSSR count). The van der Waals surface area contributed by atoms with Crippen LogP contribution in [0.4, 0.5) is 40.8 Å². The summed E-state index contributed by atoms with van der Waals surface area (Å²) in [6.07, 6.45) is -10.3. The van der Waals surface area contributed by atoms with Gasteiger partial charge in [0.15, 0.2) is 5.69 Å². The Bertz CT molecular complexity index is 1170. The average molecular weight is 495 g/mol. The molecule has 182 valence electrons. The molecular weight excluding hydrogens is 482 g/mol. The van der Waals surface area contributed by atoms with Crippen LogP contribution in [0, 0.1) is 11.6 Å². The lowest BCUT2D eigenvalue weighted by molar-refractivity contribution is -0.143. The van der Waals surface area contributed by atoms with Crippen molar-refractivity contribution in [3.8, 4) is 11.8 Å². The zero-order valence-corrected chi connectivity index (χ0v) is 16.8. The highest BCUT2D eigenvalue weighted by Crippen LogP contribution is 2.39. The third-order valence-electron chi connectivity index (χ3n) is 4.43. The highest BCUT2D eigenvalue weighted by atomic mass is 19.4. The Kier molecular flexibility index (Phi) is 6.44. The second-order valence-corrected chi connectivity index (χ2v) is 6.94. The van der Waals surface area contributed by atoms with E-state index in [1.165, 1.54) is 6.92 Å². The van der Waals surface area contributed by atoms with Gasteiger partial charge in [0.1, 0.15) is 29.3 Å². The van der Waals surface area contributed by atoms with Crippen LogP contribution in [0.1, 0.15) is 40.1 Å². The average Bonchev–Trinajstić information content (AvgIpc) is 3.18. The van der Waals surface area contributed by atoms with Gasteiger partial charge < -0.3 is 20.2 Å². The summed E-state index contributed by atoms with van der Waals surface area (Å²) in [5.74, 6) is -3.93. The number of carbonyl (C=O) groups is 1. The van der Waals surface area contributed by atoms with E-state index in [2.05, 4.69) is 10.3 Å². The maximum atomic E-state index is 13.6. The number of hydrogen-bond donors (Lipinski definition) is 2. The zero-order valence-electron chi connectivity index (χ0n) is 16.8. The van der Waals surface area contributed by atoms with Crippen molar-refractivity contribution in [2.75, 3.05) is 5.73 Å². The SMILES string of the molecule is C[C@@H](NC(=O)c1coc(Oc2cc(C(F)(F)F)cc(C(F)(F)F)c2)n1)c1cc(F)c(N)c(F)c1. The Morgan fingerprint density at radius 2 is 1.53 bits per heavy atom. The summed E-state index contributed by atoms with van der Waals surface area (Å²) in [7, 11) is 0. The van der Waals surface area contributed by atoms with E-state index in [0.717, 1.165) is 18.4 Å². The topological polar surface area (TPSA) is 90.4 Å². The lowest BCUT2D eigenvalue weighted by Gasteiger charge is -2.14. The maximum Gasteiger partial charge on any atom is 0.416 e. The molecule has 0 aliphatic heterocycles. The van der Waals surface area contributed by atoms with Crippen molar-refractivity contribution < 1.29 is 49.1 Å². The fourth-order valence-electron chi connectivity index (χ4n) is 2.70. The molecule has 3 N–H and O–H groups in total. The Hall–Kier alpha value is -3.84. The largest absolute Gasteiger partial charge is 0.416 e. The number of hydrogen-bond acceptors (Lipinski definition) is 5. The molecule has 34 heavy (non-hydrogen) atoms. The molecule has 0 fully saturated rings. The van der Waals surface area contributed by atoms with Gasteiger partial charge in [0.05, 0.1) is 17.2 Å². The minimum Gasteiger partial charge on any atom is -0.416 e. The van der Waals surface area contributed by atoms with Crippen LogP contribution in [-0.2, 0) is 12.4 Å². The first-order valence-corrected chi connectivity index (χ1v) is 9.13. The van der Waals surface area contributed by atoms with Crippen molar-refractivity contribution in [1.82, 2.24) is 10.3 Å². The van der Waals surface area contributed by atoms with Gasteiger partial charge in [-0.1, -0.05) is 0 Å².